The van der Waals surface area contributed by atoms with Crippen LogP contribution in [0.4, 0.5) is 22.7 Å². The van der Waals surface area contributed by atoms with Crippen molar-refractivity contribution in [3.05, 3.63) is 119 Å². The minimum Gasteiger partial charge on any atom is -0.371 e. The monoisotopic (exact) mass is 1020 g/mol. The number of carbonyl (C=O) groups excluding carboxylic acids is 3. The molecule has 0 spiro atoms. The Kier molecular flexibility index (Phi) is 21.3. The summed E-state index contributed by atoms with van der Waals surface area (Å²) in [7, 11) is 0. The number of carbonyl (C=O) groups is 3. The summed E-state index contributed by atoms with van der Waals surface area (Å²) in [5, 5.41) is 22.7. The van der Waals surface area contributed by atoms with Gasteiger partial charge in [-0.05, 0) is 111 Å². The number of ketones is 1. The summed E-state index contributed by atoms with van der Waals surface area (Å²) in [5.74, 6) is 0.638. The van der Waals surface area contributed by atoms with E-state index < -0.39 is 5.92 Å². The average Bonchev–Trinajstić information content (AvgIpc) is 3.42. The van der Waals surface area contributed by atoms with E-state index in [1.165, 1.54) is 90.9 Å². The highest BCUT2D eigenvalue weighted by molar-refractivity contribution is 6.39. The lowest BCUT2D eigenvalue weighted by atomic mass is 9.66. The van der Waals surface area contributed by atoms with Gasteiger partial charge in [0.05, 0.1) is 18.2 Å². The van der Waals surface area contributed by atoms with Gasteiger partial charge in [-0.3, -0.25) is 19.8 Å². The Hall–Kier alpha value is -6.75. The molecule has 0 saturated carbocycles. The van der Waals surface area contributed by atoms with Crippen LogP contribution < -0.4 is 20.4 Å². The van der Waals surface area contributed by atoms with Crippen LogP contribution in [0.3, 0.4) is 0 Å². The molecule has 76 heavy (non-hydrogen) atoms. The van der Waals surface area contributed by atoms with Gasteiger partial charge in [-0.1, -0.05) is 179 Å². The largest absolute Gasteiger partial charge is 0.371 e. The van der Waals surface area contributed by atoms with E-state index in [4.69, 9.17) is 12.0 Å². The molecule has 2 amide bonds. The number of amides is 2. The molecular weight excluding hydrogens is 937 g/mol. The van der Waals surface area contributed by atoms with Crippen molar-refractivity contribution < 1.29 is 14.4 Å². The van der Waals surface area contributed by atoms with E-state index >= 15 is 4.79 Å². The number of benzene rings is 6. The van der Waals surface area contributed by atoms with E-state index in [0.29, 0.717) is 28.1 Å². The predicted octanol–water partition coefficient (Wildman–Crippen LogP) is 17.9. The molecule has 0 aromatic heterocycles. The first-order valence-corrected chi connectivity index (χ1v) is 29.1. The predicted molar refractivity (Wildman–Crippen MR) is 323 cm³/mol. The zero-order valence-corrected chi connectivity index (χ0v) is 46.7. The number of nitrogens with one attached hydrogen (secondary N) is 3. The highest BCUT2D eigenvalue weighted by atomic mass is 16.2. The lowest BCUT2D eigenvalue weighted by molar-refractivity contribution is -0.116. The Bertz CT molecular complexity index is 3110. The van der Waals surface area contributed by atoms with E-state index in [0.717, 1.165) is 132 Å². The van der Waals surface area contributed by atoms with Gasteiger partial charge >= 0.3 is 0 Å². The van der Waals surface area contributed by atoms with Crippen LogP contribution in [0.1, 0.15) is 187 Å². The summed E-state index contributed by atoms with van der Waals surface area (Å²) in [6, 6.07) is 29.3. The molecule has 1 atom stereocenters. The molecule has 9 nitrogen and oxygen atoms in total. The fourth-order valence-corrected chi connectivity index (χ4v) is 11.6. The minimum atomic E-state index is -1.03. The van der Waals surface area contributed by atoms with Crippen molar-refractivity contribution in [1.29, 1.82) is 5.41 Å². The van der Waals surface area contributed by atoms with Gasteiger partial charge in [-0.25, -0.2) is 4.85 Å². The Labute approximate surface area is 453 Å². The zero-order chi connectivity index (χ0) is 54.0. The van der Waals surface area contributed by atoms with Gasteiger partial charge in [-0.2, -0.15) is 0 Å². The minimum absolute atomic E-state index is 0.0836. The number of Topliss-reactive ketones (excluding diaryl/α,β-unsaturated/α-hetero) is 1. The van der Waals surface area contributed by atoms with Gasteiger partial charge in [0, 0.05) is 79.0 Å². The average molecular weight is 1020 g/mol. The summed E-state index contributed by atoms with van der Waals surface area (Å²) >= 11 is 0. The van der Waals surface area contributed by atoms with Gasteiger partial charge < -0.3 is 20.4 Å². The first-order chi connectivity index (χ1) is 37.1. The third-order valence-electron chi connectivity index (χ3n) is 15.5. The van der Waals surface area contributed by atoms with Crippen molar-refractivity contribution in [3.8, 4) is 0 Å². The molecule has 1 aliphatic rings. The van der Waals surface area contributed by atoms with Crippen LogP contribution in [0.15, 0.2) is 96.2 Å². The summed E-state index contributed by atoms with van der Waals surface area (Å²) in [5.41, 5.74) is 4.69. The number of unbranched alkanes of at least 4 members (excludes halogenated alkanes) is 16. The maximum absolute atomic E-state index is 16.0. The van der Waals surface area contributed by atoms with Gasteiger partial charge in [0.2, 0.25) is 11.8 Å². The molecule has 400 valence electrons. The second kappa shape index (κ2) is 28.4. The van der Waals surface area contributed by atoms with E-state index in [1.807, 2.05) is 24.3 Å². The van der Waals surface area contributed by atoms with Crippen LogP contribution in [0.5, 0.6) is 0 Å². The topological polar surface area (TPSA) is 110 Å². The standard InChI is InChI=1S/C67H84N6O3/c1-8-12-16-20-28-36-72(37-29-21-17-13-9-2)60-44-57(70-47(5)74)62(55-42-51-34-26-24-32-49(51)40-53(55)60)65-64(59(46-68)69-7)66(67(65)76)63-56-43-52-35-27-25-33-50(52)41-54(56)61(45-58(63)71-48(6)75)73(38-30-22-18-14-10-3)39-31-23-19-15-11-4/h24-27,32-35,40-45,65,68H,8-23,28-31,36-39H2,1-6H3,(H,70,74)(H,71,75). The maximum Gasteiger partial charge on any atom is 0.251 e. The molecular formula is C67H84N6O3. The third-order valence-corrected chi connectivity index (χ3v) is 15.5. The lowest BCUT2D eigenvalue weighted by Gasteiger charge is -2.37. The second-order valence-corrected chi connectivity index (χ2v) is 21.3. The molecule has 3 N–H and O–H groups in total. The van der Waals surface area contributed by atoms with Crippen LogP contribution in [0.2, 0.25) is 0 Å². The van der Waals surface area contributed by atoms with Crippen molar-refractivity contribution in [2.75, 3.05) is 46.6 Å². The van der Waals surface area contributed by atoms with Crippen molar-refractivity contribution in [2.24, 2.45) is 0 Å². The molecule has 0 aliphatic heterocycles. The summed E-state index contributed by atoms with van der Waals surface area (Å²) in [6.07, 6.45) is 22.9. The Morgan fingerprint density at radius 1 is 0.539 bits per heavy atom. The van der Waals surface area contributed by atoms with E-state index in [9.17, 15) is 9.59 Å². The SMILES string of the molecule is [C-]#[N+]C(=C=N)C1=C(c2c(NC(C)=O)cc(N(CCCCCCC)CCCCCCC)c3cc4ccccc4cc23)C(=O)C1c1c(NC(C)=O)cc(N(CCCCCCC)CCCCCCC)c2cc3ccccc3cc12. The highest BCUT2D eigenvalue weighted by Crippen LogP contribution is 2.56. The van der Waals surface area contributed by atoms with E-state index in [2.05, 4.69) is 120 Å². The number of hydrogen-bond acceptors (Lipinski definition) is 6. The number of hydrogen-bond donors (Lipinski definition) is 3. The van der Waals surface area contributed by atoms with Crippen LogP contribution >= 0.6 is 0 Å². The molecule has 1 unspecified atom stereocenters. The molecule has 7 rings (SSSR count). The van der Waals surface area contributed by atoms with E-state index in [1.54, 1.807) is 0 Å². The quantitative estimate of drug-likeness (QED) is 0.0174. The molecule has 6 aromatic rings. The van der Waals surface area contributed by atoms with Crippen LogP contribution in [0.25, 0.3) is 53.5 Å². The molecule has 9 heteroatoms. The smallest absolute Gasteiger partial charge is 0.251 e. The molecule has 0 heterocycles. The molecule has 0 fully saturated rings. The first kappa shape index (κ1) is 57.0. The molecule has 0 bridgehead atoms. The lowest BCUT2D eigenvalue weighted by Crippen LogP contribution is -2.32. The number of anilines is 4. The van der Waals surface area contributed by atoms with Crippen molar-refractivity contribution in [2.45, 2.75) is 176 Å². The Balaban J connectivity index is 1.51. The third kappa shape index (κ3) is 13.6. The first-order valence-electron chi connectivity index (χ1n) is 29.1. The second-order valence-electron chi connectivity index (χ2n) is 21.3. The maximum atomic E-state index is 16.0. The Morgan fingerprint density at radius 2 is 0.908 bits per heavy atom. The Morgan fingerprint density at radius 3 is 1.30 bits per heavy atom. The fourth-order valence-electron chi connectivity index (χ4n) is 11.6. The molecule has 1 aliphatic carbocycles. The number of fused-ring (bicyclic) bond motifs is 4. The van der Waals surface area contributed by atoms with Crippen molar-refractivity contribution >= 4 is 94.9 Å². The summed E-state index contributed by atoms with van der Waals surface area (Å²) in [4.78, 5) is 52.0. The number of allylic oxidation sites excluding steroid dienone is 2. The number of rotatable bonds is 31. The van der Waals surface area contributed by atoms with Gasteiger partial charge in [0.25, 0.3) is 5.70 Å². The highest BCUT2D eigenvalue weighted by Gasteiger charge is 2.46. The van der Waals surface area contributed by atoms with Crippen LogP contribution in [-0.2, 0) is 14.4 Å². The molecule has 0 radical (unpaired) electrons. The number of nitrogens with zero attached hydrogens (tertiary/aromatic N) is 3. The van der Waals surface area contributed by atoms with Gasteiger partial charge in [-0.15, -0.1) is 0 Å². The molecule has 0 saturated heterocycles. The van der Waals surface area contributed by atoms with Gasteiger partial charge in [0.1, 0.15) is 0 Å². The summed E-state index contributed by atoms with van der Waals surface area (Å²) < 4.78 is 0. The van der Waals surface area contributed by atoms with Gasteiger partial charge in [0.15, 0.2) is 5.78 Å². The normalized spacial score (nSPS) is 13.3. The fraction of sp³-hybridized carbons (Fsp3) is 0.463. The van der Waals surface area contributed by atoms with Crippen LogP contribution in [-0.4, -0.2) is 49.6 Å². The van der Waals surface area contributed by atoms with E-state index in [-0.39, 0.29) is 28.9 Å². The molecule has 6 aromatic carbocycles. The zero-order valence-electron chi connectivity index (χ0n) is 46.7. The van der Waals surface area contributed by atoms with Crippen molar-refractivity contribution in [3.63, 3.8) is 0 Å². The van der Waals surface area contributed by atoms with Crippen LogP contribution in [0, 0.1) is 12.0 Å². The summed E-state index contributed by atoms with van der Waals surface area (Å²) in [6.45, 7) is 23.9. The van der Waals surface area contributed by atoms with Crippen molar-refractivity contribution in [1.82, 2.24) is 0 Å².